The largest absolute Gasteiger partial charge is 0.309 e. The molecular weight excluding hydrogens is 289 g/mol. The van der Waals surface area contributed by atoms with Crippen LogP contribution in [0.2, 0.25) is 0 Å². The van der Waals surface area contributed by atoms with E-state index in [0.29, 0.717) is 24.3 Å². The molecule has 0 radical (unpaired) electrons. The Morgan fingerprint density at radius 2 is 2.21 bits per heavy atom. The Kier molecular flexibility index (Phi) is 4.37. The fourth-order valence-corrected chi connectivity index (χ4v) is 4.21. The number of benzene rings is 1. The number of hydrogen-bond acceptors (Lipinski definition) is 4. The van der Waals surface area contributed by atoms with Crippen molar-refractivity contribution in [2.45, 2.75) is 17.4 Å². The average molecular weight is 305 g/mol. The van der Waals surface area contributed by atoms with Crippen molar-refractivity contribution in [3.8, 4) is 0 Å². The van der Waals surface area contributed by atoms with Crippen LogP contribution in [0.25, 0.3) is 0 Å². The summed E-state index contributed by atoms with van der Waals surface area (Å²) in [6, 6.07) is 3.57. The van der Waals surface area contributed by atoms with E-state index in [1.807, 2.05) is 0 Å². The molecule has 0 amide bonds. The zero-order valence-electron chi connectivity index (χ0n) is 10.6. The summed E-state index contributed by atoms with van der Waals surface area (Å²) in [5.41, 5.74) is 0.480. The maximum absolute atomic E-state index is 13.3. The lowest BCUT2D eigenvalue weighted by atomic mass is 10.0. The Labute approximate surface area is 114 Å². The third kappa shape index (κ3) is 3.40. The van der Waals surface area contributed by atoms with Crippen LogP contribution in [-0.4, -0.2) is 36.9 Å². The van der Waals surface area contributed by atoms with Gasteiger partial charge < -0.3 is 5.32 Å². The third-order valence-corrected chi connectivity index (χ3v) is 5.73. The van der Waals surface area contributed by atoms with Gasteiger partial charge in [0.05, 0.1) is 10.6 Å². The summed E-state index contributed by atoms with van der Waals surface area (Å²) in [6.07, 6.45) is 2.02. The van der Waals surface area contributed by atoms with Gasteiger partial charge in [-0.25, -0.2) is 12.8 Å². The van der Waals surface area contributed by atoms with Gasteiger partial charge in [0.2, 0.25) is 0 Å². The summed E-state index contributed by atoms with van der Waals surface area (Å²) in [6.45, 7) is 0.518. The van der Waals surface area contributed by atoms with Crippen LogP contribution in [0.1, 0.15) is 18.0 Å². The summed E-state index contributed by atoms with van der Waals surface area (Å²) in [4.78, 5) is 0.204. The second-order valence-corrected chi connectivity index (χ2v) is 8.21. The lowest BCUT2D eigenvalue weighted by Gasteiger charge is -2.26. The Hall–Kier alpha value is -0.790. The van der Waals surface area contributed by atoms with E-state index in [-0.39, 0.29) is 16.7 Å². The molecule has 1 aliphatic heterocycles. The molecule has 0 aliphatic carbocycles. The van der Waals surface area contributed by atoms with Crippen LogP contribution in [0.15, 0.2) is 23.1 Å². The van der Waals surface area contributed by atoms with E-state index < -0.39 is 26.5 Å². The zero-order chi connectivity index (χ0) is 14.0. The predicted molar refractivity (Wildman–Crippen MR) is 72.7 cm³/mol. The van der Waals surface area contributed by atoms with Crippen LogP contribution < -0.4 is 5.32 Å². The van der Waals surface area contributed by atoms with E-state index in [0.717, 1.165) is 0 Å². The fourth-order valence-electron chi connectivity index (χ4n) is 2.20. The van der Waals surface area contributed by atoms with Crippen molar-refractivity contribution in [2.75, 3.05) is 24.3 Å². The van der Waals surface area contributed by atoms with Gasteiger partial charge in [0.1, 0.15) is 5.82 Å². The van der Waals surface area contributed by atoms with Crippen molar-refractivity contribution in [2.24, 2.45) is 0 Å². The molecule has 1 aliphatic rings. The standard InChI is InChI=1S/C12H16FNO3S2/c1-18(15)6-5-14-11-4-7-19(16,17)12-3-2-9(13)8-10(11)12/h2-3,8,11,14H,4-7H2,1H3. The lowest BCUT2D eigenvalue weighted by Crippen LogP contribution is -2.32. The van der Waals surface area contributed by atoms with Crippen molar-refractivity contribution < 1.29 is 17.0 Å². The summed E-state index contributed by atoms with van der Waals surface area (Å²) < 4.78 is 48.1. The molecule has 1 aromatic rings. The third-order valence-electron chi connectivity index (χ3n) is 3.14. The molecule has 0 aromatic heterocycles. The van der Waals surface area contributed by atoms with Crippen molar-refractivity contribution >= 4 is 20.6 Å². The molecular formula is C12H16FNO3S2. The van der Waals surface area contributed by atoms with Crippen LogP contribution in [0.5, 0.6) is 0 Å². The van der Waals surface area contributed by atoms with Crippen LogP contribution in [0.3, 0.4) is 0 Å². The summed E-state index contributed by atoms with van der Waals surface area (Å²) in [7, 11) is -4.20. The molecule has 0 saturated heterocycles. The van der Waals surface area contributed by atoms with Gasteiger partial charge in [-0.2, -0.15) is 0 Å². The maximum atomic E-state index is 13.3. The average Bonchev–Trinajstić information content (AvgIpc) is 2.31. The lowest BCUT2D eigenvalue weighted by molar-refractivity contribution is 0.500. The zero-order valence-corrected chi connectivity index (χ0v) is 12.2. The van der Waals surface area contributed by atoms with Gasteiger partial charge in [-0.15, -0.1) is 0 Å². The maximum Gasteiger partial charge on any atom is 0.178 e. The van der Waals surface area contributed by atoms with Crippen molar-refractivity contribution in [3.63, 3.8) is 0 Å². The number of hydrogen-bond donors (Lipinski definition) is 1. The first kappa shape index (κ1) is 14.6. The molecule has 7 heteroatoms. The Morgan fingerprint density at radius 1 is 1.47 bits per heavy atom. The van der Waals surface area contributed by atoms with Gasteiger partial charge in [0.25, 0.3) is 0 Å². The minimum Gasteiger partial charge on any atom is -0.309 e. The van der Waals surface area contributed by atoms with Crippen LogP contribution in [-0.2, 0) is 20.6 Å². The van der Waals surface area contributed by atoms with Gasteiger partial charge in [-0.05, 0) is 30.2 Å². The molecule has 0 fully saturated rings. The SMILES string of the molecule is CS(=O)CCNC1CCS(=O)(=O)c2ccc(F)cc21. The molecule has 19 heavy (non-hydrogen) atoms. The number of fused-ring (bicyclic) bond motifs is 1. The second-order valence-electron chi connectivity index (χ2n) is 4.57. The summed E-state index contributed by atoms with van der Waals surface area (Å²) >= 11 is 0. The number of nitrogens with one attached hydrogen (secondary N) is 1. The topological polar surface area (TPSA) is 63.2 Å². The minimum absolute atomic E-state index is 0.0541. The molecule has 0 spiro atoms. The van der Waals surface area contributed by atoms with Crippen molar-refractivity contribution in [1.82, 2.24) is 5.32 Å². The molecule has 0 saturated carbocycles. The monoisotopic (exact) mass is 305 g/mol. The molecule has 0 bridgehead atoms. The highest BCUT2D eigenvalue weighted by molar-refractivity contribution is 7.91. The van der Waals surface area contributed by atoms with E-state index in [1.165, 1.54) is 18.2 Å². The first-order valence-corrected chi connectivity index (χ1v) is 9.34. The highest BCUT2D eigenvalue weighted by Crippen LogP contribution is 2.32. The van der Waals surface area contributed by atoms with E-state index in [2.05, 4.69) is 5.32 Å². The Balaban J connectivity index is 2.25. The van der Waals surface area contributed by atoms with Gasteiger partial charge in [-0.1, -0.05) is 0 Å². The van der Waals surface area contributed by atoms with E-state index in [9.17, 15) is 17.0 Å². The highest BCUT2D eigenvalue weighted by Gasteiger charge is 2.30. The normalized spacial score (nSPS) is 22.7. The molecule has 106 valence electrons. The Morgan fingerprint density at radius 3 is 2.89 bits per heavy atom. The molecule has 2 atom stereocenters. The van der Waals surface area contributed by atoms with Crippen molar-refractivity contribution in [1.29, 1.82) is 0 Å². The summed E-state index contributed by atoms with van der Waals surface area (Å²) in [5, 5.41) is 3.15. The van der Waals surface area contributed by atoms with Crippen LogP contribution >= 0.6 is 0 Å². The second kappa shape index (κ2) is 5.68. The molecule has 1 N–H and O–H groups in total. The molecule has 2 unspecified atom stereocenters. The smallest absolute Gasteiger partial charge is 0.178 e. The van der Waals surface area contributed by atoms with E-state index in [4.69, 9.17) is 0 Å². The highest BCUT2D eigenvalue weighted by atomic mass is 32.2. The summed E-state index contributed by atoms with van der Waals surface area (Å²) in [5.74, 6) is 0.105. The molecule has 1 aromatic carbocycles. The van der Waals surface area contributed by atoms with Gasteiger partial charge in [0, 0.05) is 35.4 Å². The van der Waals surface area contributed by atoms with Crippen molar-refractivity contribution in [3.05, 3.63) is 29.6 Å². The van der Waals surface area contributed by atoms with Gasteiger partial charge in [-0.3, -0.25) is 4.21 Å². The molecule has 4 nitrogen and oxygen atoms in total. The first-order chi connectivity index (χ1) is 8.90. The molecule has 1 heterocycles. The number of sulfone groups is 1. The van der Waals surface area contributed by atoms with E-state index in [1.54, 1.807) is 6.26 Å². The quantitative estimate of drug-likeness (QED) is 0.843. The number of halogens is 1. The van der Waals surface area contributed by atoms with Crippen LogP contribution in [0.4, 0.5) is 4.39 Å². The first-order valence-electron chi connectivity index (χ1n) is 5.96. The van der Waals surface area contributed by atoms with Gasteiger partial charge in [0.15, 0.2) is 9.84 Å². The Bertz CT molecular complexity index is 601. The fraction of sp³-hybridized carbons (Fsp3) is 0.500. The minimum atomic E-state index is -3.30. The molecule has 2 rings (SSSR count). The van der Waals surface area contributed by atoms with Crippen LogP contribution in [0, 0.1) is 5.82 Å². The predicted octanol–water partition coefficient (Wildman–Crippen LogP) is 1.01. The van der Waals surface area contributed by atoms with Gasteiger partial charge >= 0.3 is 0 Å². The number of rotatable bonds is 4. The van der Waals surface area contributed by atoms with E-state index >= 15 is 0 Å².